The Balaban J connectivity index is 2.22. The summed E-state index contributed by atoms with van der Waals surface area (Å²) >= 11 is 0. The highest BCUT2D eigenvalue weighted by atomic mass is 32.2. The number of nitrogens with one attached hydrogen (secondary N) is 1. The molecule has 1 amide bonds. The minimum absolute atomic E-state index is 0.0645. The van der Waals surface area contributed by atoms with Crippen molar-refractivity contribution in [2.24, 2.45) is 0 Å². The number of aryl methyl sites for hydroxylation is 1. The lowest BCUT2D eigenvalue weighted by atomic mass is 9.91. The van der Waals surface area contributed by atoms with Crippen LogP contribution in [-0.2, 0) is 38.1 Å². The fourth-order valence-electron chi connectivity index (χ4n) is 4.99. The van der Waals surface area contributed by atoms with Crippen molar-refractivity contribution < 1.29 is 41.2 Å². The number of hydrogen-bond donors (Lipinski definition) is 1. The Kier molecular flexibility index (Phi) is 19.8. The number of ether oxygens (including phenoxy) is 3. The van der Waals surface area contributed by atoms with Crippen LogP contribution < -0.4 is 5.32 Å². The van der Waals surface area contributed by atoms with Crippen molar-refractivity contribution in [1.29, 1.82) is 0 Å². The third-order valence-electron chi connectivity index (χ3n) is 7.46. The van der Waals surface area contributed by atoms with Gasteiger partial charge >= 0.3 is 18.0 Å². The summed E-state index contributed by atoms with van der Waals surface area (Å²) in [7, 11) is -3.67. The Morgan fingerprint density at radius 3 is 1.50 bits per heavy atom. The van der Waals surface area contributed by atoms with Crippen LogP contribution in [0.3, 0.4) is 0 Å². The molecule has 0 aliphatic carbocycles. The molecule has 0 bridgehead atoms. The van der Waals surface area contributed by atoms with E-state index in [4.69, 9.17) is 18.4 Å². The van der Waals surface area contributed by atoms with Crippen molar-refractivity contribution in [1.82, 2.24) is 5.32 Å². The maximum Gasteiger partial charge on any atom is 0.409 e. The standard InChI is InChI=1S/C35H59NO9S/c1-7-42-31(37)35(32(38)43-8-2,36-33(39)45-34(4,5)6)27-21-19-17-15-13-11-9-10-12-14-16-18-20-22-28-44-46(40,41)30-25-23-29(3)24-26-30/h23-26H,7-22,27-28H2,1-6H3,(H,36,39). The van der Waals surface area contributed by atoms with Gasteiger partial charge in [0.05, 0.1) is 24.7 Å². The molecule has 264 valence electrons. The first-order valence-electron chi connectivity index (χ1n) is 17.1. The van der Waals surface area contributed by atoms with Gasteiger partial charge in [-0.05, 0) is 72.9 Å². The van der Waals surface area contributed by atoms with Crippen molar-refractivity contribution in [3.05, 3.63) is 29.8 Å². The van der Waals surface area contributed by atoms with E-state index in [9.17, 15) is 22.8 Å². The second-order valence-corrected chi connectivity index (χ2v) is 14.4. The van der Waals surface area contributed by atoms with Gasteiger partial charge in [-0.3, -0.25) is 9.50 Å². The Morgan fingerprint density at radius 2 is 1.09 bits per heavy atom. The van der Waals surface area contributed by atoms with Crippen LogP contribution in [0.2, 0.25) is 0 Å². The zero-order valence-corrected chi connectivity index (χ0v) is 29.9. The predicted octanol–water partition coefficient (Wildman–Crippen LogP) is 7.94. The molecule has 0 saturated heterocycles. The second kappa shape index (κ2) is 22.0. The van der Waals surface area contributed by atoms with Crippen LogP contribution in [0.4, 0.5) is 4.79 Å². The van der Waals surface area contributed by atoms with E-state index >= 15 is 0 Å². The van der Waals surface area contributed by atoms with Crippen molar-refractivity contribution in [3.63, 3.8) is 0 Å². The monoisotopic (exact) mass is 669 g/mol. The van der Waals surface area contributed by atoms with E-state index in [1.54, 1.807) is 58.9 Å². The maximum absolute atomic E-state index is 12.9. The van der Waals surface area contributed by atoms with Gasteiger partial charge in [-0.15, -0.1) is 0 Å². The van der Waals surface area contributed by atoms with E-state index in [0.29, 0.717) is 6.42 Å². The second-order valence-electron chi connectivity index (χ2n) is 12.8. The summed E-state index contributed by atoms with van der Waals surface area (Å²) in [4.78, 5) is 38.7. The zero-order valence-electron chi connectivity index (χ0n) is 29.1. The zero-order chi connectivity index (χ0) is 34.5. The largest absolute Gasteiger partial charge is 0.464 e. The summed E-state index contributed by atoms with van der Waals surface area (Å²) in [6.45, 7) is 10.7. The molecule has 0 atom stereocenters. The minimum atomic E-state index is -3.67. The molecular formula is C35H59NO9S. The molecule has 0 unspecified atom stereocenters. The summed E-state index contributed by atoms with van der Waals surface area (Å²) in [5.41, 5.74) is -1.73. The van der Waals surface area contributed by atoms with E-state index in [2.05, 4.69) is 5.32 Å². The van der Waals surface area contributed by atoms with Crippen LogP contribution in [0.15, 0.2) is 29.2 Å². The summed E-state index contributed by atoms with van der Waals surface area (Å²) in [5.74, 6) is -1.67. The van der Waals surface area contributed by atoms with Crippen LogP contribution in [0, 0.1) is 6.92 Å². The normalized spacial score (nSPS) is 12.0. The summed E-state index contributed by atoms with van der Waals surface area (Å²) in [6.07, 6.45) is 13.6. The quantitative estimate of drug-likeness (QED) is 0.0383. The number of carbonyl (C=O) groups is 3. The molecule has 0 spiro atoms. The van der Waals surface area contributed by atoms with Crippen LogP contribution in [0.5, 0.6) is 0 Å². The molecule has 0 aliphatic heterocycles. The van der Waals surface area contributed by atoms with Crippen LogP contribution in [0.25, 0.3) is 0 Å². The molecule has 11 heteroatoms. The number of alkyl carbamates (subject to hydrolysis) is 1. The fourth-order valence-corrected chi connectivity index (χ4v) is 5.94. The third-order valence-corrected chi connectivity index (χ3v) is 8.78. The Bertz CT molecular complexity index is 1110. The molecule has 0 aromatic heterocycles. The molecule has 1 N–H and O–H groups in total. The highest BCUT2D eigenvalue weighted by Gasteiger charge is 2.50. The van der Waals surface area contributed by atoms with Crippen molar-refractivity contribution >= 4 is 28.1 Å². The van der Waals surface area contributed by atoms with Crippen LogP contribution in [0.1, 0.15) is 136 Å². The van der Waals surface area contributed by atoms with Gasteiger partial charge in [0.2, 0.25) is 5.54 Å². The van der Waals surface area contributed by atoms with E-state index < -0.39 is 39.3 Å². The highest BCUT2D eigenvalue weighted by Crippen LogP contribution is 2.23. The molecule has 1 aromatic carbocycles. The molecule has 0 aliphatic rings. The lowest BCUT2D eigenvalue weighted by molar-refractivity contribution is -0.166. The third kappa shape index (κ3) is 16.8. The molecule has 0 radical (unpaired) electrons. The van der Waals surface area contributed by atoms with Crippen LogP contribution >= 0.6 is 0 Å². The Hall–Kier alpha value is -2.66. The Morgan fingerprint density at radius 1 is 0.674 bits per heavy atom. The van der Waals surface area contributed by atoms with Gasteiger partial charge < -0.3 is 14.2 Å². The molecule has 0 fully saturated rings. The number of benzene rings is 1. The van der Waals surface area contributed by atoms with Gasteiger partial charge in [0.25, 0.3) is 10.1 Å². The molecular weight excluding hydrogens is 610 g/mol. The summed E-state index contributed by atoms with van der Waals surface area (Å²) in [5, 5.41) is 2.48. The van der Waals surface area contributed by atoms with E-state index in [1.807, 2.05) is 6.92 Å². The van der Waals surface area contributed by atoms with Gasteiger partial charge in [0, 0.05) is 0 Å². The number of esters is 2. The van der Waals surface area contributed by atoms with Gasteiger partial charge in [0.15, 0.2) is 0 Å². The van der Waals surface area contributed by atoms with Crippen molar-refractivity contribution in [3.8, 4) is 0 Å². The molecule has 10 nitrogen and oxygen atoms in total. The number of carbonyl (C=O) groups excluding carboxylic acids is 3. The average Bonchev–Trinajstić information content (AvgIpc) is 2.97. The van der Waals surface area contributed by atoms with E-state index in [0.717, 1.165) is 56.9 Å². The topological polar surface area (TPSA) is 134 Å². The highest BCUT2D eigenvalue weighted by molar-refractivity contribution is 7.86. The molecule has 0 heterocycles. The summed E-state index contributed by atoms with van der Waals surface area (Å²) < 4.78 is 45.3. The first kappa shape index (κ1) is 41.4. The fraction of sp³-hybridized carbons (Fsp3) is 0.743. The number of rotatable bonds is 24. The lowest BCUT2D eigenvalue weighted by Crippen LogP contribution is -2.62. The minimum Gasteiger partial charge on any atom is -0.464 e. The number of unbranched alkanes of at least 4 members (excludes halogenated alkanes) is 13. The smallest absolute Gasteiger partial charge is 0.409 e. The average molecular weight is 670 g/mol. The molecule has 46 heavy (non-hydrogen) atoms. The lowest BCUT2D eigenvalue weighted by Gasteiger charge is -2.31. The number of amides is 1. The van der Waals surface area contributed by atoms with Gasteiger partial charge in [-0.1, -0.05) is 94.7 Å². The van der Waals surface area contributed by atoms with Gasteiger partial charge in [-0.25, -0.2) is 14.4 Å². The first-order chi connectivity index (χ1) is 21.8. The van der Waals surface area contributed by atoms with Crippen molar-refractivity contribution in [2.75, 3.05) is 19.8 Å². The molecule has 1 aromatic rings. The maximum atomic E-state index is 12.9. The molecule has 1 rings (SSSR count). The van der Waals surface area contributed by atoms with E-state index in [1.165, 1.54) is 32.1 Å². The van der Waals surface area contributed by atoms with E-state index in [-0.39, 0.29) is 31.1 Å². The van der Waals surface area contributed by atoms with Crippen molar-refractivity contribution in [2.45, 2.75) is 154 Å². The van der Waals surface area contributed by atoms with Gasteiger partial charge in [0.1, 0.15) is 5.60 Å². The summed E-state index contributed by atoms with van der Waals surface area (Å²) in [6, 6.07) is 6.69. The Labute approximate surface area is 277 Å². The SMILES string of the molecule is CCOC(=O)C(CCCCCCCCCCCCCCCCOS(=O)(=O)c1ccc(C)cc1)(NC(=O)OC(C)(C)C)C(=O)OCC. The number of hydrogen-bond acceptors (Lipinski definition) is 9. The first-order valence-corrected chi connectivity index (χ1v) is 18.5. The van der Waals surface area contributed by atoms with Gasteiger partial charge in [-0.2, -0.15) is 8.42 Å². The van der Waals surface area contributed by atoms with Crippen LogP contribution in [-0.4, -0.2) is 57.4 Å². The predicted molar refractivity (Wildman–Crippen MR) is 179 cm³/mol. The molecule has 0 saturated carbocycles.